The molecule has 0 saturated carbocycles. The molecule has 12 aromatic rings. The van der Waals surface area contributed by atoms with Crippen LogP contribution in [0.5, 0.6) is 0 Å². The molecule has 0 atom stereocenters. The number of hydrogen-bond acceptors (Lipinski definition) is 1. The number of fused-ring (bicyclic) bond motifs is 9. The lowest BCUT2D eigenvalue weighted by Crippen LogP contribution is -1.93. The topological polar surface area (TPSA) is 9.86 Å². The predicted molar refractivity (Wildman–Crippen MR) is 244 cm³/mol. The number of benzene rings is 9. The van der Waals surface area contributed by atoms with Crippen LogP contribution < -0.4 is 0 Å². The standard InChI is InChI=1S/C54H34N2S/c1-3-15-40(16-4-1)55-49-23-9-7-19-43(49)46-32-37(25-28-50(46)55)35-13-11-14-36(31-35)38-26-29-51-47(33-38)48-34-39(27-30-52(48)56(51)41-17-5-2-6-18-41)42-21-12-22-45-44-20-8-10-24-53(44)57-54(42)45/h1-34H. The Kier molecular flexibility index (Phi) is 7.13. The average molecular weight is 743 g/mol. The lowest BCUT2D eigenvalue weighted by atomic mass is 9.96. The molecule has 0 bridgehead atoms. The van der Waals surface area contributed by atoms with Gasteiger partial charge in [0.2, 0.25) is 0 Å². The van der Waals surface area contributed by atoms with Gasteiger partial charge in [0, 0.05) is 53.1 Å². The quantitative estimate of drug-likeness (QED) is 0.166. The minimum absolute atomic E-state index is 1.16. The highest BCUT2D eigenvalue weighted by molar-refractivity contribution is 7.26. The van der Waals surface area contributed by atoms with Gasteiger partial charge in [-0.05, 0) is 112 Å². The molecule has 0 aliphatic carbocycles. The third-order valence-electron chi connectivity index (χ3n) is 11.7. The van der Waals surface area contributed by atoms with Gasteiger partial charge in [0.05, 0.1) is 22.1 Å². The molecule has 3 aromatic heterocycles. The van der Waals surface area contributed by atoms with Crippen molar-refractivity contribution in [3.8, 4) is 44.8 Å². The fourth-order valence-electron chi connectivity index (χ4n) is 9.09. The molecular formula is C54H34N2S. The third kappa shape index (κ3) is 5.03. The van der Waals surface area contributed by atoms with Gasteiger partial charge in [-0.2, -0.15) is 0 Å². The van der Waals surface area contributed by atoms with Crippen LogP contribution in [0.1, 0.15) is 0 Å². The molecule has 266 valence electrons. The van der Waals surface area contributed by atoms with E-state index >= 15 is 0 Å². The fraction of sp³-hybridized carbons (Fsp3) is 0. The van der Waals surface area contributed by atoms with Gasteiger partial charge in [-0.25, -0.2) is 0 Å². The third-order valence-corrected chi connectivity index (χ3v) is 12.9. The first-order valence-corrected chi connectivity index (χ1v) is 20.3. The molecule has 57 heavy (non-hydrogen) atoms. The van der Waals surface area contributed by atoms with Gasteiger partial charge < -0.3 is 9.13 Å². The molecule has 0 N–H and O–H groups in total. The summed E-state index contributed by atoms with van der Waals surface area (Å²) in [7, 11) is 0. The summed E-state index contributed by atoms with van der Waals surface area (Å²) in [5, 5.41) is 7.67. The molecule has 0 amide bonds. The van der Waals surface area contributed by atoms with Crippen molar-refractivity contribution in [1.82, 2.24) is 9.13 Å². The maximum Gasteiger partial charge on any atom is 0.0541 e. The highest BCUT2D eigenvalue weighted by atomic mass is 32.1. The summed E-state index contributed by atoms with van der Waals surface area (Å²) in [5.41, 5.74) is 14.5. The van der Waals surface area contributed by atoms with Gasteiger partial charge in [0.25, 0.3) is 0 Å². The van der Waals surface area contributed by atoms with Gasteiger partial charge in [0.15, 0.2) is 0 Å². The Hall–Kier alpha value is -7.20. The Morgan fingerprint density at radius 3 is 1.39 bits per heavy atom. The highest BCUT2D eigenvalue weighted by Crippen LogP contribution is 2.43. The van der Waals surface area contributed by atoms with E-state index in [1.54, 1.807) is 0 Å². The Labute approximate surface area is 333 Å². The van der Waals surface area contributed by atoms with Crippen molar-refractivity contribution < 1.29 is 0 Å². The van der Waals surface area contributed by atoms with Crippen LogP contribution >= 0.6 is 11.3 Å². The zero-order valence-corrected chi connectivity index (χ0v) is 31.7. The SMILES string of the molecule is c1ccc(-n2c3ccccc3c3cc(-c4cccc(-c5ccc6c(c5)c5cc(-c7cccc8c7sc7ccccc78)ccc5n6-c5ccccc5)c4)ccc32)cc1. The Morgan fingerprint density at radius 1 is 0.281 bits per heavy atom. The van der Waals surface area contributed by atoms with Crippen LogP contribution in [0.4, 0.5) is 0 Å². The van der Waals surface area contributed by atoms with Crippen molar-refractivity contribution in [3.63, 3.8) is 0 Å². The van der Waals surface area contributed by atoms with E-state index in [0.29, 0.717) is 0 Å². The molecule has 12 rings (SSSR count). The summed E-state index contributed by atoms with van der Waals surface area (Å²) in [5.74, 6) is 0. The molecule has 0 saturated heterocycles. The molecule has 0 aliphatic rings. The van der Waals surface area contributed by atoms with E-state index in [0.717, 1.165) is 5.69 Å². The van der Waals surface area contributed by atoms with Crippen molar-refractivity contribution >= 4 is 75.1 Å². The Balaban J connectivity index is 1.01. The monoisotopic (exact) mass is 742 g/mol. The molecule has 0 radical (unpaired) electrons. The first kappa shape index (κ1) is 32.1. The van der Waals surface area contributed by atoms with E-state index in [2.05, 4.69) is 215 Å². The molecule has 0 fully saturated rings. The predicted octanol–water partition coefficient (Wildman–Crippen LogP) is 15.2. The van der Waals surface area contributed by atoms with Crippen LogP contribution in [-0.2, 0) is 0 Å². The van der Waals surface area contributed by atoms with Crippen molar-refractivity contribution in [1.29, 1.82) is 0 Å². The second-order valence-corrected chi connectivity index (χ2v) is 16.0. The molecule has 9 aromatic carbocycles. The van der Waals surface area contributed by atoms with Crippen LogP contribution in [0.2, 0.25) is 0 Å². The number of thiophene rings is 1. The zero-order valence-electron chi connectivity index (χ0n) is 30.9. The fourth-order valence-corrected chi connectivity index (χ4v) is 10.3. The normalized spacial score (nSPS) is 11.9. The maximum atomic E-state index is 2.41. The van der Waals surface area contributed by atoms with Gasteiger partial charge in [-0.3, -0.25) is 0 Å². The number of para-hydroxylation sites is 3. The van der Waals surface area contributed by atoms with Crippen molar-refractivity contribution in [2.45, 2.75) is 0 Å². The highest BCUT2D eigenvalue weighted by Gasteiger charge is 2.18. The van der Waals surface area contributed by atoms with E-state index in [1.165, 1.54) is 103 Å². The number of rotatable bonds is 5. The largest absolute Gasteiger partial charge is 0.309 e. The molecule has 0 unspecified atom stereocenters. The van der Waals surface area contributed by atoms with Crippen LogP contribution in [0, 0.1) is 0 Å². The smallest absolute Gasteiger partial charge is 0.0541 e. The minimum atomic E-state index is 1.16. The first-order valence-electron chi connectivity index (χ1n) is 19.5. The summed E-state index contributed by atoms with van der Waals surface area (Å²) in [4.78, 5) is 0. The number of hydrogen-bond donors (Lipinski definition) is 0. The van der Waals surface area contributed by atoms with Crippen molar-refractivity contribution in [2.24, 2.45) is 0 Å². The molecular weight excluding hydrogens is 709 g/mol. The summed E-state index contributed by atoms with van der Waals surface area (Å²) >= 11 is 1.89. The summed E-state index contributed by atoms with van der Waals surface area (Å²) < 4.78 is 7.45. The Morgan fingerprint density at radius 2 is 0.737 bits per heavy atom. The van der Waals surface area contributed by atoms with E-state index < -0.39 is 0 Å². The molecule has 0 spiro atoms. The van der Waals surface area contributed by atoms with E-state index in [9.17, 15) is 0 Å². The molecule has 3 heterocycles. The average Bonchev–Trinajstić information content (AvgIpc) is 3.94. The summed E-state index contributed by atoms with van der Waals surface area (Å²) in [6.07, 6.45) is 0. The molecule has 0 aliphatic heterocycles. The van der Waals surface area contributed by atoms with Gasteiger partial charge in [-0.1, -0.05) is 127 Å². The van der Waals surface area contributed by atoms with Crippen LogP contribution in [0.15, 0.2) is 206 Å². The molecule has 2 nitrogen and oxygen atoms in total. The zero-order chi connectivity index (χ0) is 37.5. The number of nitrogens with zero attached hydrogens (tertiary/aromatic N) is 2. The van der Waals surface area contributed by atoms with Gasteiger partial charge >= 0.3 is 0 Å². The van der Waals surface area contributed by atoms with Crippen LogP contribution in [0.3, 0.4) is 0 Å². The van der Waals surface area contributed by atoms with E-state index in [4.69, 9.17) is 0 Å². The summed E-state index contributed by atoms with van der Waals surface area (Å²) in [6.45, 7) is 0. The summed E-state index contributed by atoms with van der Waals surface area (Å²) in [6, 6.07) is 75.6. The first-order chi connectivity index (χ1) is 28.3. The Bertz CT molecular complexity index is 3510. The van der Waals surface area contributed by atoms with Crippen LogP contribution in [-0.4, -0.2) is 9.13 Å². The van der Waals surface area contributed by atoms with Gasteiger partial charge in [-0.15, -0.1) is 11.3 Å². The van der Waals surface area contributed by atoms with Crippen LogP contribution in [0.25, 0.3) is 109 Å². The van der Waals surface area contributed by atoms with Gasteiger partial charge in [0.1, 0.15) is 0 Å². The second kappa shape index (κ2) is 12.7. The van der Waals surface area contributed by atoms with E-state index in [1.807, 2.05) is 11.3 Å². The van der Waals surface area contributed by atoms with Crippen molar-refractivity contribution in [3.05, 3.63) is 206 Å². The second-order valence-electron chi connectivity index (χ2n) is 14.9. The minimum Gasteiger partial charge on any atom is -0.309 e. The van der Waals surface area contributed by atoms with E-state index in [-0.39, 0.29) is 0 Å². The number of aromatic nitrogens is 2. The van der Waals surface area contributed by atoms with Crippen molar-refractivity contribution in [2.75, 3.05) is 0 Å². The lowest BCUT2D eigenvalue weighted by Gasteiger charge is -2.10. The lowest BCUT2D eigenvalue weighted by molar-refractivity contribution is 1.18. The molecule has 3 heteroatoms. The maximum absolute atomic E-state index is 2.41.